The van der Waals surface area contributed by atoms with Crippen LogP contribution in [-0.4, -0.2) is 79.3 Å². The van der Waals surface area contributed by atoms with Gasteiger partial charge in [-0.2, -0.15) is 0 Å². The Balaban J connectivity index is 1.69. The van der Waals surface area contributed by atoms with Crippen LogP contribution < -0.4 is 10.6 Å². The molecule has 2 heterocycles. The Hall–Kier alpha value is -1.73. The van der Waals surface area contributed by atoms with Gasteiger partial charge in [0.2, 0.25) is 0 Å². The lowest BCUT2D eigenvalue weighted by Gasteiger charge is -2.27. The normalized spacial score (nSPS) is 15.7. The van der Waals surface area contributed by atoms with Crippen LogP contribution in [0, 0.1) is 0 Å². The summed E-state index contributed by atoms with van der Waals surface area (Å²) in [4.78, 5) is 15.6. The average molecular weight is 292 g/mol. The SMILES string of the molecule is CN(C)C(=O)c1ccc(NCCCN2CCNCC2)nn1. The molecule has 7 heteroatoms. The van der Waals surface area contributed by atoms with Crippen LogP contribution in [0.15, 0.2) is 12.1 Å². The summed E-state index contributed by atoms with van der Waals surface area (Å²) in [7, 11) is 3.40. The molecular formula is C14H24N6O. The maximum atomic E-state index is 11.7. The number of anilines is 1. The highest BCUT2D eigenvalue weighted by molar-refractivity contribution is 5.91. The van der Waals surface area contributed by atoms with Gasteiger partial charge in [-0.15, -0.1) is 10.2 Å². The number of hydrogen-bond donors (Lipinski definition) is 2. The summed E-state index contributed by atoms with van der Waals surface area (Å²) < 4.78 is 0. The highest BCUT2D eigenvalue weighted by Gasteiger charge is 2.10. The molecule has 1 fully saturated rings. The Bertz CT molecular complexity index is 441. The van der Waals surface area contributed by atoms with Crippen LogP contribution in [0.5, 0.6) is 0 Å². The number of hydrogen-bond acceptors (Lipinski definition) is 6. The third kappa shape index (κ3) is 4.95. The predicted octanol–water partition coefficient (Wildman–Crippen LogP) is -0.114. The van der Waals surface area contributed by atoms with Crippen molar-refractivity contribution in [1.29, 1.82) is 0 Å². The number of carbonyl (C=O) groups excluding carboxylic acids is 1. The van der Waals surface area contributed by atoms with Crippen LogP contribution in [0.4, 0.5) is 5.82 Å². The molecule has 1 aliphatic heterocycles. The van der Waals surface area contributed by atoms with Crippen molar-refractivity contribution >= 4 is 11.7 Å². The molecule has 0 radical (unpaired) electrons. The highest BCUT2D eigenvalue weighted by atomic mass is 16.2. The number of aromatic nitrogens is 2. The molecular weight excluding hydrogens is 268 g/mol. The summed E-state index contributed by atoms with van der Waals surface area (Å²) in [6.07, 6.45) is 1.07. The van der Waals surface area contributed by atoms with Gasteiger partial charge in [0.05, 0.1) is 0 Å². The van der Waals surface area contributed by atoms with E-state index in [1.165, 1.54) is 4.90 Å². The number of rotatable bonds is 6. The molecule has 1 aromatic rings. The van der Waals surface area contributed by atoms with Crippen molar-refractivity contribution in [2.75, 3.05) is 58.7 Å². The quantitative estimate of drug-likeness (QED) is 0.713. The van der Waals surface area contributed by atoms with Crippen molar-refractivity contribution in [2.24, 2.45) is 0 Å². The van der Waals surface area contributed by atoms with E-state index in [0.29, 0.717) is 11.5 Å². The van der Waals surface area contributed by atoms with Gasteiger partial charge < -0.3 is 20.4 Å². The zero-order chi connectivity index (χ0) is 15.1. The summed E-state index contributed by atoms with van der Waals surface area (Å²) in [5.41, 5.74) is 0.367. The summed E-state index contributed by atoms with van der Waals surface area (Å²) in [5, 5.41) is 14.6. The minimum Gasteiger partial charge on any atom is -0.369 e. The van der Waals surface area contributed by atoms with E-state index in [2.05, 4.69) is 25.7 Å². The lowest BCUT2D eigenvalue weighted by Crippen LogP contribution is -2.44. The molecule has 0 aliphatic carbocycles. The third-order valence-electron chi connectivity index (χ3n) is 3.46. The maximum absolute atomic E-state index is 11.7. The molecule has 1 saturated heterocycles. The second-order valence-corrected chi connectivity index (χ2v) is 5.38. The Morgan fingerprint density at radius 3 is 2.71 bits per heavy atom. The molecule has 0 aromatic carbocycles. The topological polar surface area (TPSA) is 73.4 Å². The Kier molecular flexibility index (Phi) is 5.89. The van der Waals surface area contributed by atoms with E-state index in [-0.39, 0.29) is 5.91 Å². The van der Waals surface area contributed by atoms with Crippen LogP contribution in [0.3, 0.4) is 0 Å². The van der Waals surface area contributed by atoms with Crippen LogP contribution in [0.1, 0.15) is 16.9 Å². The van der Waals surface area contributed by atoms with Crippen molar-refractivity contribution < 1.29 is 4.79 Å². The van der Waals surface area contributed by atoms with Gasteiger partial charge in [0.25, 0.3) is 5.91 Å². The zero-order valence-electron chi connectivity index (χ0n) is 12.8. The predicted molar refractivity (Wildman–Crippen MR) is 82.5 cm³/mol. The summed E-state index contributed by atoms with van der Waals surface area (Å²) in [5.74, 6) is 0.582. The van der Waals surface area contributed by atoms with Gasteiger partial charge >= 0.3 is 0 Å². The minimum absolute atomic E-state index is 0.132. The molecule has 0 saturated carbocycles. The number of amides is 1. The first-order valence-electron chi connectivity index (χ1n) is 7.39. The molecule has 0 bridgehead atoms. The van der Waals surface area contributed by atoms with Gasteiger partial charge in [0, 0.05) is 46.8 Å². The van der Waals surface area contributed by atoms with Gasteiger partial charge in [-0.1, -0.05) is 0 Å². The summed E-state index contributed by atoms with van der Waals surface area (Å²) in [6, 6.07) is 3.50. The first kappa shape index (κ1) is 15.7. The van der Waals surface area contributed by atoms with Gasteiger partial charge in [-0.25, -0.2) is 0 Å². The summed E-state index contributed by atoms with van der Waals surface area (Å²) in [6.45, 7) is 6.38. The monoisotopic (exact) mass is 292 g/mol. The minimum atomic E-state index is -0.132. The fraction of sp³-hybridized carbons (Fsp3) is 0.643. The van der Waals surface area contributed by atoms with E-state index < -0.39 is 0 Å². The standard InChI is InChI=1S/C14H24N6O/c1-19(2)14(21)12-4-5-13(18-17-12)16-6-3-9-20-10-7-15-8-11-20/h4-5,15H,3,6-11H2,1-2H3,(H,16,18). The van der Waals surface area contributed by atoms with Crippen LogP contribution in [0.25, 0.3) is 0 Å². The number of carbonyl (C=O) groups is 1. The van der Waals surface area contributed by atoms with E-state index >= 15 is 0 Å². The maximum Gasteiger partial charge on any atom is 0.273 e. The smallest absolute Gasteiger partial charge is 0.273 e. The molecule has 7 nitrogen and oxygen atoms in total. The van der Waals surface area contributed by atoms with Crippen LogP contribution in [0.2, 0.25) is 0 Å². The zero-order valence-corrected chi connectivity index (χ0v) is 12.8. The number of nitrogens with one attached hydrogen (secondary N) is 2. The molecule has 2 N–H and O–H groups in total. The van der Waals surface area contributed by atoms with E-state index in [1.807, 2.05) is 0 Å². The molecule has 0 atom stereocenters. The second-order valence-electron chi connectivity index (χ2n) is 5.38. The fourth-order valence-corrected chi connectivity index (χ4v) is 2.22. The van der Waals surface area contributed by atoms with Gasteiger partial charge in [-0.3, -0.25) is 4.79 Å². The van der Waals surface area contributed by atoms with E-state index in [4.69, 9.17) is 0 Å². The second kappa shape index (κ2) is 7.90. The largest absolute Gasteiger partial charge is 0.369 e. The summed E-state index contributed by atoms with van der Waals surface area (Å²) >= 11 is 0. The van der Waals surface area contributed by atoms with E-state index in [9.17, 15) is 4.79 Å². The molecule has 1 amide bonds. The van der Waals surface area contributed by atoms with Crippen molar-refractivity contribution in [3.8, 4) is 0 Å². The number of nitrogens with zero attached hydrogens (tertiary/aromatic N) is 4. The van der Waals surface area contributed by atoms with Crippen LogP contribution in [-0.2, 0) is 0 Å². The van der Waals surface area contributed by atoms with Crippen molar-refractivity contribution in [3.05, 3.63) is 17.8 Å². The van der Waals surface area contributed by atoms with Crippen molar-refractivity contribution in [2.45, 2.75) is 6.42 Å². The van der Waals surface area contributed by atoms with Crippen molar-refractivity contribution in [1.82, 2.24) is 25.3 Å². The molecule has 116 valence electrons. The molecule has 0 spiro atoms. The van der Waals surface area contributed by atoms with E-state index in [0.717, 1.165) is 45.7 Å². The molecule has 1 aliphatic rings. The third-order valence-corrected chi connectivity index (χ3v) is 3.46. The van der Waals surface area contributed by atoms with Gasteiger partial charge in [0.1, 0.15) is 5.82 Å². The lowest BCUT2D eigenvalue weighted by atomic mass is 10.3. The van der Waals surface area contributed by atoms with Gasteiger partial charge in [-0.05, 0) is 25.1 Å². The molecule has 2 rings (SSSR count). The number of piperazine rings is 1. The Morgan fingerprint density at radius 2 is 2.10 bits per heavy atom. The van der Waals surface area contributed by atoms with Crippen molar-refractivity contribution in [3.63, 3.8) is 0 Å². The molecule has 21 heavy (non-hydrogen) atoms. The van der Waals surface area contributed by atoms with Crippen LogP contribution >= 0.6 is 0 Å². The van der Waals surface area contributed by atoms with E-state index in [1.54, 1.807) is 26.2 Å². The fourth-order valence-electron chi connectivity index (χ4n) is 2.22. The molecule has 1 aromatic heterocycles. The van der Waals surface area contributed by atoms with Gasteiger partial charge in [0.15, 0.2) is 5.69 Å². The lowest BCUT2D eigenvalue weighted by molar-refractivity contribution is 0.0821. The first-order chi connectivity index (χ1) is 10.2. The Labute approximate surface area is 125 Å². The molecule has 0 unspecified atom stereocenters. The average Bonchev–Trinajstić information content (AvgIpc) is 2.52. The Morgan fingerprint density at radius 1 is 1.33 bits per heavy atom. The highest BCUT2D eigenvalue weighted by Crippen LogP contribution is 2.04. The first-order valence-corrected chi connectivity index (χ1v) is 7.39.